The van der Waals surface area contributed by atoms with Crippen LogP contribution in [0.2, 0.25) is 0 Å². The second-order valence-corrected chi connectivity index (χ2v) is 6.48. The Labute approximate surface area is 165 Å². The number of carbonyl (C=O) groups is 2. The average molecular weight is 381 g/mol. The second-order valence-electron chi connectivity index (χ2n) is 6.48. The first-order chi connectivity index (χ1) is 13.6. The zero-order chi connectivity index (χ0) is 20.2. The Kier molecular flexibility index (Phi) is 8.72. The average Bonchev–Trinajstić information content (AvgIpc) is 2.70. The number of nitrogens with zero attached hydrogens (tertiary/aromatic N) is 1. The van der Waals surface area contributed by atoms with Crippen LogP contribution in [0.15, 0.2) is 53.6 Å². The van der Waals surface area contributed by atoms with Gasteiger partial charge in [0, 0.05) is 5.69 Å². The fraction of sp³-hybridized carbons (Fsp3) is 0.318. The number of benzene rings is 2. The Morgan fingerprint density at radius 1 is 1.07 bits per heavy atom. The first-order valence-electron chi connectivity index (χ1n) is 9.52. The molecule has 0 spiro atoms. The summed E-state index contributed by atoms with van der Waals surface area (Å²) in [6.07, 6.45) is 5.64. The van der Waals surface area contributed by atoms with E-state index in [1.54, 1.807) is 42.5 Å². The molecular weight excluding hydrogens is 354 g/mol. The predicted molar refractivity (Wildman–Crippen MR) is 112 cm³/mol. The monoisotopic (exact) mass is 381 g/mol. The Hall–Kier alpha value is -3.15. The third-order valence-electron chi connectivity index (χ3n) is 4.12. The maximum Gasteiger partial charge on any atom is 0.244 e. The summed E-state index contributed by atoms with van der Waals surface area (Å²) >= 11 is 0. The van der Waals surface area contributed by atoms with Crippen molar-refractivity contribution in [1.29, 1.82) is 0 Å². The molecule has 0 fully saturated rings. The highest BCUT2D eigenvalue weighted by molar-refractivity contribution is 6.36. The van der Waals surface area contributed by atoms with Crippen LogP contribution in [-0.2, 0) is 11.2 Å². The summed E-state index contributed by atoms with van der Waals surface area (Å²) in [4.78, 5) is 24.3. The Morgan fingerprint density at radius 2 is 1.82 bits per heavy atom. The molecule has 3 N–H and O–H groups in total. The Bertz CT molecular complexity index is 801. The van der Waals surface area contributed by atoms with Gasteiger partial charge in [-0.05, 0) is 36.2 Å². The summed E-state index contributed by atoms with van der Waals surface area (Å²) in [6, 6.07) is 14.1. The lowest BCUT2D eigenvalue weighted by atomic mass is 10.1. The topological polar surface area (TPSA) is 93.8 Å². The van der Waals surface area contributed by atoms with Crippen LogP contribution in [0.1, 0.15) is 48.5 Å². The van der Waals surface area contributed by atoms with Crippen LogP contribution in [-0.4, -0.2) is 24.5 Å². The van der Waals surface area contributed by atoms with E-state index in [9.17, 15) is 9.59 Å². The van der Waals surface area contributed by atoms with Gasteiger partial charge in [-0.15, -0.1) is 0 Å². The van der Waals surface area contributed by atoms with E-state index in [1.165, 1.54) is 6.42 Å². The van der Waals surface area contributed by atoms with Crippen molar-refractivity contribution in [3.63, 3.8) is 0 Å². The van der Waals surface area contributed by atoms with Crippen molar-refractivity contribution < 1.29 is 14.3 Å². The molecule has 148 valence electrons. The van der Waals surface area contributed by atoms with E-state index in [0.29, 0.717) is 23.6 Å². The Balaban J connectivity index is 1.86. The van der Waals surface area contributed by atoms with Crippen LogP contribution >= 0.6 is 0 Å². The van der Waals surface area contributed by atoms with Crippen molar-refractivity contribution in [1.82, 2.24) is 5.43 Å². The molecule has 6 heteroatoms. The molecule has 0 aliphatic rings. The van der Waals surface area contributed by atoms with Crippen LogP contribution < -0.4 is 15.9 Å². The fourth-order valence-electron chi connectivity index (χ4n) is 2.60. The van der Waals surface area contributed by atoms with Crippen LogP contribution in [0.4, 0.5) is 5.69 Å². The lowest BCUT2D eigenvalue weighted by Crippen LogP contribution is -2.20. The highest BCUT2D eigenvalue weighted by atomic mass is 16.5. The van der Waals surface area contributed by atoms with Gasteiger partial charge in [0.2, 0.25) is 11.7 Å². The molecule has 0 aliphatic carbocycles. The second kappa shape index (κ2) is 11.5. The molecule has 0 aliphatic heterocycles. The molecule has 0 unspecified atom stereocenters. The number of nitrogens with one attached hydrogen (secondary N) is 1. The number of amides is 1. The normalized spacial score (nSPS) is 10.8. The molecule has 6 nitrogen and oxygen atoms in total. The summed E-state index contributed by atoms with van der Waals surface area (Å²) in [5.41, 5.74) is 9.87. The quantitative estimate of drug-likeness (QED) is 0.204. The van der Waals surface area contributed by atoms with E-state index < -0.39 is 0 Å². The molecular formula is C22H27N3O3. The van der Waals surface area contributed by atoms with Crippen LogP contribution in [0.25, 0.3) is 0 Å². The number of ketones is 1. The van der Waals surface area contributed by atoms with E-state index in [4.69, 9.17) is 10.5 Å². The van der Waals surface area contributed by atoms with E-state index in [-0.39, 0.29) is 18.1 Å². The number of hydrazone groups is 1. The minimum Gasteiger partial charge on any atom is -0.493 e. The predicted octanol–water partition coefficient (Wildman–Crippen LogP) is 3.76. The van der Waals surface area contributed by atoms with Gasteiger partial charge >= 0.3 is 0 Å². The molecule has 0 aromatic heterocycles. The first-order valence-corrected chi connectivity index (χ1v) is 9.52. The number of para-hydroxylation sites is 1. The molecule has 0 saturated carbocycles. The molecule has 2 rings (SSSR count). The number of rotatable bonds is 11. The van der Waals surface area contributed by atoms with Gasteiger partial charge in [0.25, 0.3) is 0 Å². The number of Topliss-reactive ketones (excluding diaryl/α,β-unsaturated/α-hetero) is 1. The summed E-state index contributed by atoms with van der Waals surface area (Å²) in [7, 11) is 0. The molecule has 0 bridgehead atoms. The standard InChI is InChI=1S/C22H27N3O3/c1-2-3-4-7-14-28-21-9-6-5-8-19(21)20(26)16-24-25-22(27)15-17-10-12-18(23)13-11-17/h5-6,8-13,16H,2-4,7,14-15,23H2,1H3,(H,25,27)/b24-16-. The maximum atomic E-state index is 12.4. The number of hydrogen-bond acceptors (Lipinski definition) is 5. The fourth-order valence-corrected chi connectivity index (χ4v) is 2.60. The van der Waals surface area contributed by atoms with Crippen molar-refractivity contribution >= 4 is 23.6 Å². The molecule has 0 saturated heterocycles. The van der Waals surface area contributed by atoms with E-state index in [1.807, 2.05) is 6.07 Å². The van der Waals surface area contributed by atoms with Crippen molar-refractivity contribution in [3.8, 4) is 5.75 Å². The van der Waals surface area contributed by atoms with Crippen molar-refractivity contribution in [2.24, 2.45) is 5.10 Å². The van der Waals surface area contributed by atoms with Crippen LogP contribution in [0.5, 0.6) is 5.75 Å². The van der Waals surface area contributed by atoms with Gasteiger partial charge in [-0.25, -0.2) is 5.43 Å². The highest BCUT2D eigenvalue weighted by Gasteiger charge is 2.10. The summed E-state index contributed by atoms with van der Waals surface area (Å²) in [6.45, 7) is 2.72. The summed E-state index contributed by atoms with van der Waals surface area (Å²) < 4.78 is 5.74. The van der Waals surface area contributed by atoms with Gasteiger partial charge < -0.3 is 10.5 Å². The van der Waals surface area contributed by atoms with Gasteiger partial charge in [0.05, 0.1) is 24.8 Å². The van der Waals surface area contributed by atoms with Crippen molar-refractivity contribution in [2.75, 3.05) is 12.3 Å². The maximum absolute atomic E-state index is 12.4. The molecule has 0 atom stereocenters. The lowest BCUT2D eigenvalue weighted by Gasteiger charge is -2.09. The number of ether oxygens (including phenoxy) is 1. The molecule has 0 radical (unpaired) electrons. The zero-order valence-electron chi connectivity index (χ0n) is 16.2. The van der Waals surface area contributed by atoms with Crippen LogP contribution in [0, 0.1) is 0 Å². The number of nitrogens with two attached hydrogens (primary N) is 1. The highest BCUT2D eigenvalue weighted by Crippen LogP contribution is 2.18. The summed E-state index contributed by atoms with van der Waals surface area (Å²) in [5.74, 6) is -0.102. The SMILES string of the molecule is CCCCCCOc1ccccc1C(=O)/C=N\NC(=O)Cc1ccc(N)cc1. The molecule has 1 amide bonds. The largest absolute Gasteiger partial charge is 0.493 e. The lowest BCUT2D eigenvalue weighted by molar-refractivity contribution is -0.120. The third-order valence-corrected chi connectivity index (χ3v) is 4.12. The molecule has 2 aromatic rings. The molecule has 28 heavy (non-hydrogen) atoms. The number of anilines is 1. The van der Waals surface area contributed by atoms with E-state index >= 15 is 0 Å². The van der Waals surface area contributed by atoms with Gasteiger partial charge in [-0.2, -0.15) is 5.10 Å². The van der Waals surface area contributed by atoms with E-state index in [2.05, 4.69) is 17.5 Å². The number of nitrogen functional groups attached to an aromatic ring is 1. The Morgan fingerprint density at radius 3 is 2.57 bits per heavy atom. The van der Waals surface area contributed by atoms with Gasteiger partial charge in [0.15, 0.2) is 0 Å². The number of unbranched alkanes of at least 4 members (excludes halogenated alkanes) is 3. The zero-order valence-corrected chi connectivity index (χ0v) is 16.2. The van der Waals surface area contributed by atoms with Gasteiger partial charge in [0.1, 0.15) is 5.75 Å². The molecule has 2 aromatic carbocycles. The summed E-state index contributed by atoms with van der Waals surface area (Å²) in [5, 5.41) is 3.77. The van der Waals surface area contributed by atoms with Crippen LogP contribution in [0.3, 0.4) is 0 Å². The number of carbonyl (C=O) groups excluding carboxylic acids is 2. The first kappa shape index (κ1) is 21.2. The minimum atomic E-state index is -0.322. The number of hydrogen-bond donors (Lipinski definition) is 2. The van der Waals surface area contributed by atoms with Crippen molar-refractivity contribution in [2.45, 2.75) is 39.0 Å². The third kappa shape index (κ3) is 7.23. The van der Waals surface area contributed by atoms with Gasteiger partial charge in [-0.3, -0.25) is 9.59 Å². The van der Waals surface area contributed by atoms with Crippen molar-refractivity contribution in [3.05, 3.63) is 59.7 Å². The van der Waals surface area contributed by atoms with Gasteiger partial charge in [-0.1, -0.05) is 50.5 Å². The minimum absolute atomic E-state index is 0.156. The van der Waals surface area contributed by atoms with E-state index in [0.717, 1.165) is 31.0 Å². The smallest absolute Gasteiger partial charge is 0.244 e. The molecule has 0 heterocycles.